The Balaban J connectivity index is 1.47. The number of nitrogens with zero attached hydrogens (tertiary/aromatic N) is 3. The van der Waals surface area contributed by atoms with E-state index < -0.39 is 0 Å². The summed E-state index contributed by atoms with van der Waals surface area (Å²) in [4.78, 5) is 24.6. The maximum Gasteiger partial charge on any atom is 0.350 e. The molecule has 0 fully saturated rings. The first-order valence-corrected chi connectivity index (χ1v) is 10.7. The van der Waals surface area contributed by atoms with Gasteiger partial charge in [-0.2, -0.15) is 0 Å². The van der Waals surface area contributed by atoms with Crippen LogP contribution in [0, 0.1) is 5.92 Å². The number of pyridine rings is 1. The fraction of sp³-hybridized carbons (Fsp3) is 0.435. The van der Waals surface area contributed by atoms with Crippen molar-refractivity contribution in [2.75, 3.05) is 11.9 Å². The van der Waals surface area contributed by atoms with E-state index in [0.29, 0.717) is 24.4 Å². The van der Waals surface area contributed by atoms with Crippen molar-refractivity contribution in [3.63, 3.8) is 0 Å². The number of fused-ring (bicyclic) bond motifs is 1. The van der Waals surface area contributed by atoms with Crippen molar-refractivity contribution in [1.82, 2.24) is 19.5 Å². The van der Waals surface area contributed by atoms with Crippen LogP contribution in [0.15, 0.2) is 53.5 Å². The van der Waals surface area contributed by atoms with Gasteiger partial charge >= 0.3 is 11.7 Å². The molecule has 0 aliphatic carbocycles. The van der Waals surface area contributed by atoms with Crippen molar-refractivity contribution in [2.24, 2.45) is 5.92 Å². The number of benzene rings is 1. The summed E-state index contributed by atoms with van der Waals surface area (Å²) < 4.78 is 2.94. The van der Waals surface area contributed by atoms with Crippen LogP contribution in [-0.4, -0.2) is 26.8 Å². The highest BCUT2D eigenvalue weighted by Crippen LogP contribution is 2.12. The number of urea groups is 1. The molecule has 7 nitrogen and oxygen atoms in total. The number of anilines is 1. The van der Waals surface area contributed by atoms with Gasteiger partial charge in [-0.3, -0.25) is 4.40 Å². The highest BCUT2D eigenvalue weighted by molar-refractivity contribution is 5.89. The topological polar surface area (TPSA) is 80.4 Å². The van der Waals surface area contributed by atoms with Crippen LogP contribution in [0.4, 0.5) is 10.5 Å². The summed E-state index contributed by atoms with van der Waals surface area (Å²) in [6.07, 6.45) is 7.57. The highest BCUT2D eigenvalue weighted by Gasteiger charge is 2.08. The van der Waals surface area contributed by atoms with Gasteiger partial charge in [0.15, 0.2) is 5.65 Å². The average molecular weight is 410 g/mol. The first kappa shape index (κ1) is 21.6. The van der Waals surface area contributed by atoms with Crippen molar-refractivity contribution in [3.05, 3.63) is 64.7 Å². The van der Waals surface area contributed by atoms with E-state index in [9.17, 15) is 9.59 Å². The minimum atomic E-state index is -0.209. The Morgan fingerprint density at radius 2 is 1.90 bits per heavy atom. The molecule has 0 aliphatic rings. The third-order valence-corrected chi connectivity index (χ3v) is 5.00. The van der Waals surface area contributed by atoms with Gasteiger partial charge in [0.05, 0.1) is 6.54 Å². The molecule has 2 aromatic heterocycles. The standard InChI is InChI=1S/C23H31N5O2/c1-18(2)10-5-3-4-7-14-24-22(29)25-20-12-9-11-19(16-20)17-28-23(30)27-15-8-6-13-21(27)26-28/h6,8-9,11-13,15-16,18H,3-5,7,10,14,17H2,1-2H3,(H2,24,25,29). The fourth-order valence-electron chi connectivity index (χ4n) is 3.40. The number of carbonyl (C=O) groups excluding carboxylic acids is 1. The van der Waals surface area contributed by atoms with Gasteiger partial charge in [0.1, 0.15) is 0 Å². The van der Waals surface area contributed by atoms with E-state index in [2.05, 4.69) is 29.6 Å². The maximum absolute atomic E-state index is 12.4. The Morgan fingerprint density at radius 3 is 2.70 bits per heavy atom. The van der Waals surface area contributed by atoms with Crippen LogP contribution in [0.25, 0.3) is 5.65 Å². The SMILES string of the molecule is CC(C)CCCCCCNC(=O)Nc1cccc(Cn2nc3ccccn3c2=O)c1. The van der Waals surface area contributed by atoms with Crippen molar-refractivity contribution in [3.8, 4) is 0 Å². The predicted molar refractivity (Wildman–Crippen MR) is 120 cm³/mol. The third-order valence-electron chi connectivity index (χ3n) is 5.00. The summed E-state index contributed by atoms with van der Waals surface area (Å²) in [5, 5.41) is 10.1. The molecule has 30 heavy (non-hydrogen) atoms. The van der Waals surface area contributed by atoms with E-state index in [1.54, 1.807) is 18.3 Å². The van der Waals surface area contributed by atoms with Crippen molar-refractivity contribution >= 4 is 17.4 Å². The van der Waals surface area contributed by atoms with Crippen molar-refractivity contribution in [2.45, 2.75) is 52.5 Å². The zero-order valence-corrected chi connectivity index (χ0v) is 17.8. The Morgan fingerprint density at radius 1 is 1.07 bits per heavy atom. The molecule has 3 rings (SSSR count). The number of hydrogen-bond acceptors (Lipinski definition) is 3. The summed E-state index contributed by atoms with van der Waals surface area (Å²) in [5.74, 6) is 0.760. The second kappa shape index (κ2) is 10.6. The molecule has 0 atom stereocenters. The summed E-state index contributed by atoms with van der Waals surface area (Å²) >= 11 is 0. The van der Waals surface area contributed by atoms with E-state index in [0.717, 1.165) is 24.3 Å². The Labute approximate surface area is 177 Å². The van der Waals surface area contributed by atoms with E-state index in [-0.39, 0.29) is 11.7 Å². The number of nitrogens with one attached hydrogen (secondary N) is 2. The molecule has 3 aromatic rings. The zero-order valence-electron chi connectivity index (χ0n) is 17.8. The van der Waals surface area contributed by atoms with Crippen LogP contribution in [0.2, 0.25) is 0 Å². The first-order valence-electron chi connectivity index (χ1n) is 10.7. The average Bonchev–Trinajstić information content (AvgIpc) is 3.03. The van der Waals surface area contributed by atoms with E-state index in [1.807, 2.05) is 30.3 Å². The van der Waals surface area contributed by atoms with E-state index >= 15 is 0 Å². The lowest BCUT2D eigenvalue weighted by Crippen LogP contribution is -2.29. The molecular formula is C23H31N5O2. The van der Waals surface area contributed by atoms with Gasteiger partial charge in [-0.1, -0.05) is 57.7 Å². The smallest absolute Gasteiger partial charge is 0.338 e. The molecule has 0 aliphatic heterocycles. The normalized spacial score (nSPS) is 11.2. The molecule has 0 saturated carbocycles. The summed E-state index contributed by atoms with van der Waals surface area (Å²) in [6, 6.07) is 12.7. The van der Waals surface area contributed by atoms with Crippen LogP contribution in [-0.2, 0) is 6.54 Å². The minimum Gasteiger partial charge on any atom is -0.338 e. The number of rotatable bonds is 10. The molecule has 0 unspecified atom stereocenters. The quantitative estimate of drug-likeness (QED) is 0.491. The van der Waals surface area contributed by atoms with Crippen LogP contribution in [0.5, 0.6) is 0 Å². The van der Waals surface area contributed by atoms with Crippen molar-refractivity contribution in [1.29, 1.82) is 0 Å². The molecule has 2 amide bonds. The summed E-state index contributed by atoms with van der Waals surface area (Å²) in [5.41, 5.74) is 2.01. The van der Waals surface area contributed by atoms with Crippen LogP contribution < -0.4 is 16.3 Å². The molecule has 7 heteroatoms. The predicted octanol–water partition coefficient (Wildman–Crippen LogP) is 4.27. The van der Waals surface area contributed by atoms with Gasteiger partial charge in [0, 0.05) is 18.4 Å². The van der Waals surface area contributed by atoms with Crippen LogP contribution in [0.3, 0.4) is 0 Å². The second-order valence-corrected chi connectivity index (χ2v) is 8.05. The van der Waals surface area contributed by atoms with Crippen LogP contribution >= 0.6 is 0 Å². The minimum absolute atomic E-state index is 0.185. The van der Waals surface area contributed by atoms with Gasteiger partial charge < -0.3 is 10.6 Å². The second-order valence-electron chi connectivity index (χ2n) is 8.05. The van der Waals surface area contributed by atoms with Gasteiger partial charge in [-0.25, -0.2) is 14.3 Å². The molecule has 0 spiro atoms. The Kier molecular flexibility index (Phi) is 7.65. The number of hydrogen-bond donors (Lipinski definition) is 2. The fourth-order valence-corrected chi connectivity index (χ4v) is 3.40. The molecule has 160 valence electrons. The molecule has 0 radical (unpaired) electrons. The van der Waals surface area contributed by atoms with Gasteiger partial charge in [0.25, 0.3) is 0 Å². The third kappa shape index (κ3) is 6.20. The number of unbranched alkanes of at least 4 members (excludes halogenated alkanes) is 3. The van der Waals surface area contributed by atoms with E-state index in [4.69, 9.17) is 0 Å². The zero-order chi connectivity index (χ0) is 21.3. The summed E-state index contributed by atoms with van der Waals surface area (Å²) in [7, 11) is 0. The van der Waals surface area contributed by atoms with Gasteiger partial charge in [0.2, 0.25) is 0 Å². The number of aromatic nitrogens is 3. The lowest BCUT2D eigenvalue weighted by Gasteiger charge is -2.09. The van der Waals surface area contributed by atoms with Crippen LogP contribution in [0.1, 0.15) is 51.5 Å². The molecule has 2 N–H and O–H groups in total. The molecular weight excluding hydrogens is 378 g/mol. The number of carbonyl (C=O) groups is 1. The maximum atomic E-state index is 12.4. The first-order chi connectivity index (χ1) is 14.5. The Bertz CT molecular complexity index is 1020. The highest BCUT2D eigenvalue weighted by atomic mass is 16.2. The molecule has 0 saturated heterocycles. The molecule has 1 aromatic carbocycles. The van der Waals surface area contributed by atoms with E-state index in [1.165, 1.54) is 28.3 Å². The van der Waals surface area contributed by atoms with Crippen molar-refractivity contribution < 1.29 is 4.79 Å². The van der Waals surface area contributed by atoms with Gasteiger partial charge in [-0.05, 0) is 42.2 Å². The molecule has 0 bridgehead atoms. The molecule has 2 heterocycles. The summed E-state index contributed by atoms with van der Waals surface area (Å²) in [6.45, 7) is 5.51. The lowest BCUT2D eigenvalue weighted by atomic mass is 10.0. The van der Waals surface area contributed by atoms with Gasteiger partial charge in [-0.15, -0.1) is 5.10 Å². The lowest BCUT2D eigenvalue weighted by molar-refractivity contribution is 0.252. The number of amides is 2. The monoisotopic (exact) mass is 409 g/mol. The Hall–Kier alpha value is -3.09. The largest absolute Gasteiger partial charge is 0.350 e.